The number of ether oxygens (including phenoxy) is 3. The van der Waals surface area contributed by atoms with E-state index < -0.39 is 44.4 Å². The summed E-state index contributed by atoms with van der Waals surface area (Å²) in [4.78, 5) is 5.50. The third-order valence-electron chi connectivity index (χ3n) is 8.93. The molecule has 0 spiro atoms. The maximum absolute atomic E-state index is 16.9. The first-order chi connectivity index (χ1) is 21.0. The Morgan fingerprint density at radius 1 is 0.909 bits per heavy atom. The van der Waals surface area contributed by atoms with Gasteiger partial charge in [-0.2, -0.15) is 0 Å². The molecule has 234 valence electrons. The summed E-state index contributed by atoms with van der Waals surface area (Å²) in [6, 6.07) is 27.2. The quantitative estimate of drug-likeness (QED) is 0.173. The van der Waals surface area contributed by atoms with Crippen molar-refractivity contribution in [2.24, 2.45) is 4.99 Å². The molecule has 2 aliphatic heterocycles. The van der Waals surface area contributed by atoms with E-state index in [2.05, 4.69) is 38.9 Å². The van der Waals surface area contributed by atoms with E-state index in [1.165, 1.54) is 11.1 Å². The molecule has 0 N–H and O–H groups in total. The van der Waals surface area contributed by atoms with Gasteiger partial charge in [-0.1, -0.05) is 93.6 Å². The third-order valence-corrected chi connectivity index (χ3v) is 13.4. The molecular formula is C35H42F2N2O4Si. The molecule has 6 nitrogen and oxygen atoms in total. The van der Waals surface area contributed by atoms with Gasteiger partial charge in [-0.3, -0.25) is 4.99 Å². The highest BCUT2D eigenvalue weighted by Crippen LogP contribution is 2.46. The molecular weight excluding hydrogens is 578 g/mol. The van der Waals surface area contributed by atoms with Crippen LogP contribution in [0.15, 0.2) is 102 Å². The van der Waals surface area contributed by atoms with Crippen LogP contribution in [0.2, 0.25) is 18.1 Å². The summed E-state index contributed by atoms with van der Waals surface area (Å²) in [6.07, 6.45) is -2.25. The zero-order chi connectivity index (χ0) is 31.5. The van der Waals surface area contributed by atoms with E-state index in [-0.39, 0.29) is 18.3 Å². The maximum Gasteiger partial charge on any atom is 0.192 e. The molecule has 1 saturated heterocycles. The minimum Gasteiger partial charge on any atom is -0.497 e. The summed E-state index contributed by atoms with van der Waals surface area (Å²) >= 11 is 0. The van der Waals surface area contributed by atoms with Crippen molar-refractivity contribution in [2.75, 3.05) is 20.4 Å². The monoisotopic (exact) mass is 620 g/mol. The average molecular weight is 621 g/mol. The average Bonchev–Trinajstić information content (AvgIpc) is 3.33. The van der Waals surface area contributed by atoms with Gasteiger partial charge < -0.3 is 23.5 Å². The number of hydrogen-bond acceptors (Lipinski definition) is 6. The van der Waals surface area contributed by atoms with E-state index >= 15 is 4.39 Å². The molecule has 3 aromatic carbocycles. The molecule has 1 fully saturated rings. The summed E-state index contributed by atoms with van der Waals surface area (Å²) < 4.78 is 56.8. The third kappa shape index (κ3) is 6.37. The van der Waals surface area contributed by atoms with Crippen LogP contribution in [0.4, 0.5) is 8.78 Å². The van der Waals surface area contributed by atoms with Gasteiger partial charge in [-0.15, -0.1) is 0 Å². The Morgan fingerprint density at radius 2 is 1.48 bits per heavy atom. The Balaban J connectivity index is 1.63. The molecule has 9 heteroatoms. The molecule has 5 rings (SSSR count). The minimum atomic E-state index is -2.24. The van der Waals surface area contributed by atoms with Crippen molar-refractivity contribution in [3.05, 3.63) is 114 Å². The lowest BCUT2D eigenvalue weighted by atomic mass is 9.79. The summed E-state index contributed by atoms with van der Waals surface area (Å²) in [7, 11) is -0.622. The van der Waals surface area contributed by atoms with Crippen molar-refractivity contribution in [1.82, 2.24) is 4.90 Å². The van der Waals surface area contributed by atoms with Gasteiger partial charge in [-0.05, 0) is 47.0 Å². The van der Waals surface area contributed by atoms with Gasteiger partial charge in [0, 0.05) is 6.20 Å². The first kappa shape index (κ1) is 32.0. The van der Waals surface area contributed by atoms with Gasteiger partial charge in [0.25, 0.3) is 0 Å². The molecule has 0 aliphatic carbocycles. The number of aliphatic imine (C=N–C) groups is 1. The van der Waals surface area contributed by atoms with E-state index in [4.69, 9.17) is 18.6 Å². The Hall–Kier alpha value is -3.37. The van der Waals surface area contributed by atoms with E-state index in [1.54, 1.807) is 7.11 Å². The molecule has 2 heterocycles. The van der Waals surface area contributed by atoms with Crippen LogP contribution >= 0.6 is 0 Å². The van der Waals surface area contributed by atoms with Crippen LogP contribution in [-0.2, 0) is 19.5 Å². The van der Waals surface area contributed by atoms with Gasteiger partial charge in [0.15, 0.2) is 26.5 Å². The molecule has 0 unspecified atom stereocenters. The molecule has 0 radical (unpaired) electrons. The predicted octanol–water partition coefficient (Wildman–Crippen LogP) is 7.61. The lowest BCUT2D eigenvalue weighted by molar-refractivity contribution is -0.105. The number of alkyl halides is 1. The SMILES string of the molecule is COc1ccc(C(O[C@H]2[C@H](F)[C@H](N3C=C(F)C=NC3)O[C@@H]2CO[Si](C)(C)C(C)(C)C)(c2ccccc2)c2ccccc2)cc1. The fraction of sp³-hybridized carbons (Fsp3) is 0.400. The normalized spacial score (nSPS) is 22.6. The summed E-state index contributed by atoms with van der Waals surface area (Å²) in [5, 5.41) is -0.0646. The maximum atomic E-state index is 16.9. The van der Waals surface area contributed by atoms with Crippen LogP contribution < -0.4 is 4.74 Å². The number of methoxy groups -OCH3 is 1. The largest absolute Gasteiger partial charge is 0.497 e. The van der Waals surface area contributed by atoms with Crippen molar-refractivity contribution in [2.45, 2.75) is 69.1 Å². The molecule has 2 aliphatic rings. The summed E-state index contributed by atoms with van der Waals surface area (Å²) in [6.45, 7) is 11.0. The van der Waals surface area contributed by atoms with E-state index in [0.717, 1.165) is 22.9 Å². The molecule has 0 saturated carbocycles. The second-order valence-corrected chi connectivity index (χ2v) is 17.6. The Bertz CT molecular complexity index is 1410. The molecule has 0 amide bonds. The van der Waals surface area contributed by atoms with Crippen molar-refractivity contribution in [3.8, 4) is 5.75 Å². The van der Waals surface area contributed by atoms with E-state index in [1.807, 2.05) is 84.9 Å². The zero-order valence-electron chi connectivity index (χ0n) is 26.2. The summed E-state index contributed by atoms with van der Waals surface area (Å²) in [5.74, 6) is 0.128. The van der Waals surface area contributed by atoms with Crippen LogP contribution in [0.25, 0.3) is 0 Å². The second kappa shape index (κ2) is 12.9. The van der Waals surface area contributed by atoms with Gasteiger partial charge in [0.2, 0.25) is 0 Å². The highest BCUT2D eigenvalue weighted by Gasteiger charge is 2.53. The fourth-order valence-corrected chi connectivity index (χ4v) is 6.44. The minimum absolute atomic E-state index is 0.0646. The van der Waals surface area contributed by atoms with Crippen LogP contribution in [0.1, 0.15) is 37.5 Å². The van der Waals surface area contributed by atoms with Crippen LogP contribution in [-0.4, -0.2) is 64.4 Å². The van der Waals surface area contributed by atoms with Crippen molar-refractivity contribution in [3.63, 3.8) is 0 Å². The number of halogens is 2. The lowest BCUT2D eigenvalue weighted by Gasteiger charge is -2.40. The topological polar surface area (TPSA) is 52.5 Å². The van der Waals surface area contributed by atoms with E-state index in [9.17, 15) is 4.39 Å². The zero-order valence-corrected chi connectivity index (χ0v) is 27.2. The van der Waals surface area contributed by atoms with Gasteiger partial charge in [0.1, 0.15) is 30.2 Å². The molecule has 0 bridgehead atoms. The van der Waals surface area contributed by atoms with Gasteiger partial charge >= 0.3 is 0 Å². The standard InChI is InChI=1S/C35H42F2N2O4Si/c1-34(2,3)44(5,6)41-23-30-32(31(37)33(42-30)39-22-28(36)21-38-24-39)43-35(25-13-9-7-10-14-25,26-15-11-8-12-16-26)27-17-19-29(40-4)20-18-27/h7-22,30-33H,23-24H2,1-6H3/t30-,31+,32-,33-/m1/s1. The van der Waals surface area contributed by atoms with Crippen molar-refractivity contribution >= 4 is 14.5 Å². The lowest BCUT2D eigenvalue weighted by Crippen LogP contribution is -2.48. The first-order valence-corrected chi connectivity index (χ1v) is 17.9. The summed E-state index contributed by atoms with van der Waals surface area (Å²) in [5.41, 5.74) is 1.22. The first-order valence-electron chi connectivity index (χ1n) is 15.0. The molecule has 0 aromatic heterocycles. The van der Waals surface area contributed by atoms with Crippen molar-refractivity contribution < 1.29 is 27.4 Å². The Morgan fingerprint density at radius 3 is 2.00 bits per heavy atom. The highest BCUT2D eigenvalue weighted by atomic mass is 28.4. The highest BCUT2D eigenvalue weighted by molar-refractivity contribution is 6.74. The molecule has 44 heavy (non-hydrogen) atoms. The van der Waals surface area contributed by atoms with Gasteiger partial charge in [0.05, 0.1) is 19.9 Å². The number of benzene rings is 3. The second-order valence-electron chi connectivity index (χ2n) is 12.8. The smallest absolute Gasteiger partial charge is 0.192 e. The van der Waals surface area contributed by atoms with Gasteiger partial charge in [-0.25, -0.2) is 8.78 Å². The van der Waals surface area contributed by atoms with Crippen LogP contribution in [0.5, 0.6) is 5.75 Å². The van der Waals surface area contributed by atoms with E-state index in [0.29, 0.717) is 5.75 Å². The number of nitrogens with zero attached hydrogens (tertiary/aromatic N) is 2. The Labute approximate surface area is 260 Å². The number of hydrogen-bond donors (Lipinski definition) is 0. The predicted molar refractivity (Wildman–Crippen MR) is 172 cm³/mol. The van der Waals surface area contributed by atoms with Crippen LogP contribution in [0.3, 0.4) is 0 Å². The van der Waals surface area contributed by atoms with Crippen molar-refractivity contribution in [1.29, 1.82) is 0 Å². The fourth-order valence-electron chi connectivity index (χ4n) is 5.43. The van der Waals surface area contributed by atoms with Crippen LogP contribution in [0, 0.1) is 0 Å². The number of allylic oxidation sites excluding steroid dienone is 1. The number of rotatable bonds is 10. The molecule has 3 aromatic rings. The molecule has 4 atom stereocenters. The Kier molecular flexibility index (Phi) is 9.41.